The second-order valence-electron chi connectivity index (χ2n) is 7.05. The van der Waals surface area contributed by atoms with Gasteiger partial charge in [-0.25, -0.2) is 4.79 Å². The fraction of sp³-hybridized carbons (Fsp3) is 0.952. The predicted molar refractivity (Wildman–Crippen MR) is 104 cm³/mol. The molecule has 4 heteroatoms. The van der Waals surface area contributed by atoms with Crippen molar-refractivity contribution in [3.8, 4) is 0 Å². The minimum atomic E-state index is -1.23. The zero-order chi connectivity index (χ0) is 18.6. The van der Waals surface area contributed by atoms with Crippen LogP contribution in [0.15, 0.2) is 0 Å². The summed E-state index contributed by atoms with van der Waals surface area (Å²) in [5.41, 5.74) is 0. The van der Waals surface area contributed by atoms with Crippen LogP contribution in [0.4, 0.5) is 4.79 Å². The van der Waals surface area contributed by atoms with E-state index in [1.165, 1.54) is 83.5 Å². The molecule has 0 fully saturated rings. The number of unbranched alkanes of at least 4 members (excludes halogenated alkanes) is 12. The van der Waals surface area contributed by atoms with Crippen molar-refractivity contribution >= 4 is 6.16 Å². The van der Waals surface area contributed by atoms with Crippen molar-refractivity contribution in [3.05, 3.63) is 0 Å². The van der Waals surface area contributed by atoms with Gasteiger partial charge >= 0.3 is 6.16 Å². The molecule has 0 heterocycles. The average Bonchev–Trinajstić information content (AvgIpc) is 2.60. The van der Waals surface area contributed by atoms with Gasteiger partial charge in [-0.1, -0.05) is 97.3 Å². The van der Waals surface area contributed by atoms with Gasteiger partial charge in [0.05, 0.1) is 12.7 Å². The maximum absolute atomic E-state index is 10.2. The topological polar surface area (TPSA) is 55.8 Å². The van der Waals surface area contributed by atoms with Crippen molar-refractivity contribution in [3.63, 3.8) is 0 Å². The van der Waals surface area contributed by atoms with Crippen molar-refractivity contribution in [1.29, 1.82) is 0 Å². The molecule has 4 nitrogen and oxygen atoms in total. The molecule has 0 saturated heterocycles. The van der Waals surface area contributed by atoms with E-state index in [2.05, 4.69) is 18.6 Å². The van der Waals surface area contributed by atoms with Crippen molar-refractivity contribution in [2.45, 2.75) is 116 Å². The van der Waals surface area contributed by atoms with Crippen molar-refractivity contribution in [2.24, 2.45) is 0 Å². The van der Waals surface area contributed by atoms with Crippen LogP contribution < -0.4 is 0 Å². The van der Waals surface area contributed by atoms with Crippen LogP contribution in [0, 0.1) is 0 Å². The van der Waals surface area contributed by atoms with E-state index in [1.807, 2.05) is 0 Å². The summed E-state index contributed by atoms with van der Waals surface area (Å²) < 4.78 is 10.1. The van der Waals surface area contributed by atoms with Gasteiger partial charge in [-0.05, 0) is 12.8 Å². The highest BCUT2D eigenvalue weighted by Crippen LogP contribution is 2.14. The third-order valence-corrected chi connectivity index (χ3v) is 4.75. The molecule has 0 bridgehead atoms. The van der Waals surface area contributed by atoms with Gasteiger partial charge < -0.3 is 14.6 Å². The summed E-state index contributed by atoms with van der Waals surface area (Å²) in [4.78, 5) is 10.2. The molecular weight excluding hydrogens is 316 g/mol. The summed E-state index contributed by atoms with van der Waals surface area (Å²) in [6.07, 6.45) is 18.9. The van der Waals surface area contributed by atoms with Crippen LogP contribution in [-0.2, 0) is 9.47 Å². The van der Waals surface area contributed by atoms with Crippen LogP contribution in [0.2, 0.25) is 0 Å². The monoisotopic (exact) mass is 358 g/mol. The predicted octanol–water partition coefficient (Wildman–Crippen LogP) is 6.96. The van der Waals surface area contributed by atoms with Gasteiger partial charge in [0.2, 0.25) is 0 Å². The zero-order valence-electron chi connectivity index (χ0n) is 16.8. The Hall–Kier alpha value is -0.770. The van der Waals surface area contributed by atoms with Crippen molar-refractivity contribution in [2.75, 3.05) is 13.2 Å². The molecule has 0 amide bonds. The molecule has 25 heavy (non-hydrogen) atoms. The molecule has 0 aliphatic rings. The molecule has 150 valence electrons. The number of rotatable bonds is 19. The van der Waals surface area contributed by atoms with Gasteiger partial charge in [-0.3, -0.25) is 0 Å². The molecule has 0 rings (SSSR count). The Balaban J connectivity index is 3.26. The Kier molecular flexibility index (Phi) is 19.0. The summed E-state index contributed by atoms with van der Waals surface area (Å²) in [6, 6.07) is 0. The fourth-order valence-corrected chi connectivity index (χ4v) is 3.14. The third-order valence-electron chi connectivity index (χ3n) is 4.75. The molecule has 0 radical (unpaired) electrons. The lowest BCUT2D eigenvalue weighted by atomic mass is 10.0. The zero-order valence-corrected chi connectivity index (χ0v) is 16.8. The summed E-state index contributed by atoms with van der Waals surface area (Å²) in [5.74, 6) is 0. The minimum Gasteiger partial charge on any atom is -0.450 e. The van der Waals surface area contributed by atoms with Gasteiger partial charge in [0.15, 0.2) is 0 Å². The second kappa shape index (κ2) is 19.6. The van der Waals surface area contributed by atoms with Crippen LogP contribution in [-0.4, -0.2) is 30.6 Å². The van der Waals surface area contributed by atoms with Crippen molar-refractivity contribution in [1.82, 2.24) is 0 Å². The highest BCUT2D eigenvalue weighted by molar-refractivity contribution is 5.56. The summed E-state index contributed by atoms with van der Waals surface area (Å²) in [5, 5.41) is 8.39. The molecule has 0 saturated carbocycles. The molecule has 0 aliphatic heterocycles. The van der Waals surface area contributed by atoms with Gasteiger partial charge in [-0.15, -0.1) is 0 Å². The van der Waals surface area contributed by atoms with Crippen LogP contribution in [0.25, 0.3) is 0 Å². The van der Waals surface area contributed by atoms with E-state index in [-0.39, 0.29) is 12.7 Å². The van der Waals surface area contributed by atoms with E-state index in [1.54, 1.807) is 0 Å². The van der Waals surface area contributed by atoms with Crippen LogP contribution in [0.3, 0.4) is 0 Å². The summed E-state index contributed by atoms with van der Waals surface area (Å²) >= 11 is 0. The first-order chi connectivity index (χ1) is 12.2. The smallest absolute Gasteiger partial charge is 0.450 e. The van der Waals surface area contributed by atoms with E-state index >= 15 is 0 Å². The highest BCUT2D eigenvalue weighted by Gasteiger charge is 2.06. The number of hydrogen-bond donors (Lipinski definition) is 1. The third kappa shape index (κ3) is 19.4. The Morgan fingerprint density at radius 3 is 1.68 bits per heavy atom. The van der Waals surface area contributed by atoms with Crippen LogP contribution >= 0.6 is 0 Å². The van der Waals surface area contributed by atoms with E-state index in [0.717, 1.165) is 12.8 Å². The number of hydrogen-bond acceptors (Lipinski definition) is 3. The molecular formula is C21H42O4. The van der Waals surface area contributed by atoms with Gasteiger partial charge in [0.1, 0.15) is 6.61 Å². The lowest BCUT2D eigenvalue weighted by Gasteiger charge is -2.15. The lowest BCUT2D eigenvalue weighted by Crippen LogP contribution is -2.16. The number of carboxylic acid groups (broad SMARTS) is 1. The molecule has 0 spiro atoms. The molecule has 1 N–H and O–H groups in total. The highest BCUT2D eigenvalue weighted by atomic mass is 16.7. The molecule has 0 aromatic heterocycles. The lowest BCUT2D eigenvalue weighted by molar-refractivity contribution is 0.00503. The van der Waals surface area contributed by atoms with E-state index in [4.69, 9.17) is 9.84 Å². The average molecular weight is 359 g/mol. The SMILES string of the molecule is CCCCCCCCCCCCCCCC(CC)OCCOC(=O)O. The quantitative estimate of drug-likeness (QED) is 0.200. The van der Waals surface area contributed by atoms with Crippen LogP contribution in [0.5, 0.6) is 0 Å². The van der Waals surface area contributed by atoms with E-state index in [0.29, 0.717) is 6.61 Å². The fourth-order valence-electron chi connectivity index (χ4n) is 3.14. The normalized spacial score (nSPS) is 12.2. The van der Waals surface area contributed by atoms with Crippen LogP contribution in [0.1, 0.15) is 110 Å². The Bertz CT molecular complexity index is 281. The molecule has 0 aromatic carbocycles. The maximum atomic E-state index is 10.2. The Labute approximate surface area is 155 Å². The number of carbonyl (C=O) groups is 1. The largest absolute Gasteiger partial charge is 0.505 e. The van der Waals surface area contributed by atoms with Gasteiger partial charge in [0.25, 0.3) is 0 Å². The first-order valence-corrected chi connectivity index (χ1v) is 10.7. The second-order valence-corrected chi connectivity index (χ2v) is 7.05. The summed E-state index contributed by atoms with van der Waals surface area (Å²) in [7, 11) is 0. The summed E-state index contributed by atoms with van der Waals surface area (Å²) in [6.45, 7) is 4.88. The number of ether oxygens (including phenoxy) is 2. The van der Waals surface area contributed by atoms with Crippen molar-refractivity contribution < 1.29 is 19.4 Å². The first-order valence-electron chi connectivity index (χ1n) is 10.7. The molecule has 0 aliphatic carbocycles. The van der Waals surface area contributed by atoms with Gasteiger partial charge in [0, 0.05) is 0 Å². The van der Waals surface area contributed by atoms with Gasteiger partial charge in [-0.2, -0.15) is 0 Å². The molecule has 1 atom stereocenters. The maximum Gasteiger partial charge on any atom is 0.505 e. The minimum absolute atomic E-state index is 0.129. The Morgan fingerprint density at radius 2 is 1.24 bits per heavy atom. The first kappa shape index (κ1) is 24.2. The Morgan fingerprint density at radius 1 is 0.760 bits per heavy atom. The standard InChI is InChI=1S/C21H42O4/c1-3-5-6-7-8-9-10-11-12-13-14-15-16-17-20(4-2)24-18-19-25-21(22)23/h20H,3-19H2,1-2H3,(H,22,23). The molecule has 0 aromatic rings. The molecule has 1 unspecified atom stereocenters. The van der Waals surface area contributed by atoms with E-state index in [9.17, 15) is 4.79 Å². The van der Waals surface area contributed by atoms with E-state index < -0.39 is 6.16 Å².